The van der Waals surface area contributed by atoms with Crippen LogP contribution in [0.1, 0.15) is 16.7 Å². The fourth-order valence-electron chi connectivity index (χ4n) is 2.67. The van der Waals surface area contributed by atoms with Gasteiger partial charge in [0.05, 0.1) is 5.75 Å². The van der Waals surface area contributed by atoms with E-state index in [0.29, 0.717) is 16.5 Å². The molecule has 0 radical (unpaired) electrons. The van der Waals surface area contributed by atoms with E-state index in [0.717, 1.165) is 16.8 Å². The minimum atomic E-state index is -0.0734. The third kappa shape index (κ3) is 3.35. The lowest BCUT2D eigenvalue weighted by Crippen LogP contribution is -2.16. The second-order valence-corrected chi connectivity index (χ2v) is 6.73. The number of aryl methyl sites for hydroxylation is 3. The van der Waals surface area contributed by atoms with Gasteiger partial charge in [-0.1, -0.05) is 29.5 Å². The van der Waals surface area contributed by atoms with Crippen LogP contribution in [0.2, 0.25) is 0 Å². The second-order valence-electron chi connectivity index (χ2n) is 5.78. The number of nitrogens with two attached hydrogens (primary N) is 1. The molecule has 0 fully saturated rings. The molecule has 0 aliphatic carbocycles. The lowest BCUT2D eigenvalue weighted by atomic mass is 10.1. The summed E-state index contributed by atoms with van der Waals surface area (Å²) in [6.07, 6.45) is 1.75. The lowest BCUT2D eigenvalue weighted by molar-refractivity contribution is -0.113. The van der Waals surface area contributed by atoms with Crippen LogP contribution >= 0.6 is 11.8 Å². The van der Waals surface area contributed by atoms with Crippen LogP contribution in [0.3, 0.4) is 0 Å². The van der Waals surface area contributed by atoms with Crippen LogP contribution in [0.4, 0.5) is 11.4 Å². The summed E-state index contributed by atoms with van der Waals surface area (Å²) in [5.41, 5.74) is 11.3. The smallest absolute Gasteiger partial charge is 0.234 e. The Balaban J connectivity index is 1.70. The number of benzene rings is 1. The van der Waals surface area contributed by atoms with Crippen molar-refractivity contribution in [3.63, 3.8) is 0 Å². The van der Waals surface area contributed by atoms with Gasteiger partial charge in [0.1, 0.15) is 0 Å². The highest BCUT2D eigenvalue weighted by molar-refractivity contribution is 7.99. The van der Waals surface area contributed by atoms with Crippen molar-refractivity contribution in [3.05, 3.63) is 47.2 Å². The maximum atomic E-state index is 12.3. The number of nitrogens with one attached hydrogen (secondary N) is 1. The molecule has 2 heterocycles. The first-order valence-corrected chi connectivity index (χ1v) is 8.53. The summed E-state index contributed by atoms with van der Waals surface area (Å²) >= 11 is 1.33. The molecule has 6 nitrogen and oxygen atoms in total. The van der Waals surface area contributed by atoms with Gasteiger partial charge in [0.25, 0.3) is 0 Å². The zero-order valence-electron chi connectivity index (χ0n) is 13.8. The summed E-state index contributed by atoms with van der Waals surface area (Å²) < 4.78 is 1.79. The number of hydrogen-bond acceptors (Lipinski definition) is 5. The number of fused-ring (bicyclic) bond motifs is 1. The molecule has 3 aromatic rings. The molecule has 7 heteroatoms. The number of anilines is 2. The van der Waals surface area contributed by atoms with Gasteiger partial charge in [0, 0.05) is 17.6 Å². The molecule has 0 bridgehead atoms. The van der Waals surface area contributed by atoms with Gasteiger partial charge in [-0.05, 0) is 44.0 Å². The highest BCUT2D eigenvalue weighted by atomic mass is 32.2. The van der Waals surface area contributed by atoms with Crippen molar-refractivity contribution in [3.8, 4) is 0 Å². The molecule has 3 N–H and O–H groups in total. The van der Waals surface area contributed by atoms with Crippen LogP contribution in [0.5, 0.6) is 0 Å². The molecule has 0 saturated heterocycles. The van der Waals surface area contributed by atoms with Crippen LogP contribution in [0.15, 0.2) is 35.6 Å². The number of nitrogens with zero attached hydrogens (tertiary/aromatic N) is 3. The van der Waals surface area contributed by atoms with Gasteiger partial charge >= 0.3 is 0 Å². The number of nitrogen functional groups attached to an aromatic ring is 1. The van der Waals surface area contributed by atoms with E-state index in [9.17, 15) is 4.79 Å². The molecule has 0 saturated carbocycles. The maximum Gasteiger partial charge on any atom is 0.234 e. The van der Waals surface area contributed by atoms with Gasteiger partial charge < -0.3 is 11.1 Å². The van der Waals surface area contributed by atoms with Crippen LogP contribution in [0, 0.1) is 20.8 Å². The molecular weight excluding hydrogens is 322 g/mol. The van der Waals surface area contributed by atoms with Crippen molar-refractivity contribution in [2.45, 2.75) is 25.9 Å². The van der Waals surface area contributed by atoms with E-state index in [1.807, 2.05) is 20.8 Å². The number of carbonyl (C=O) groups is 1. The minimum absolute atomic E-state index is 0.0734. The summed E-state index contributed by atoms with van der Waals surface area (Å²) in [6, 6.07) is 7.69. The first-order chi connectivity index (χ1) is 11.4. The van der Waals surface area contributed by atoms with Crippen molar-refractivity contribution in [2.75, 3.05) is 16.8 Å². The second kappa shape index (κ2) is 6.52. The van der Waals surface area contributed by atoms with E-state index in [-0.39, 0.29) is 11.7 Å². The standard InChI is InChI=1S/C17H19N5OS/c1-10-6-11(2)16(12(3)7-10)19-15(23)9-24-17-21-20-14-5-4-13(18)8-22(14)17/h4-8H,9,18H2,1-3H3,(H,19,23). The highest BCUT2D eigenvalue weighted by Crippen LogP contribution is 2.23. The summed E-state index contributed by atoms with van der Waals surface area (Å²) in [6.45, 7) is 6.04. The number of hydrogen-bond donors (Lipinski definition) is 2. The van der Waals surface area contributed by atoms with Crippen LogP contribution in [0.25, 0.3) is 5.65 Å². The van der Waals surface area contributed by atoms with Crippen molar-refractivity contribution in [1.29, 1.82) is 0 Å². The SMILES string of the molecule is Cc1cc(C)c(NC(=O)CSc2nnc3ccc(N)cn23)c(C)c1. The Morgan fingerprint density at radius 2 is 1.92 bits per heavy atom. The molecule has 124 valence electrons. The molecule has 0 aliphatic heterocycles. The van der Waals surface area contributed by atoms with Gasteiger partial charge in [-0.3, -0.25) is 9.20 Å². The number of rotatable bonds is 4. The minimum Gasteiger partial charge on any atom is -0.398 e. The van der Waals surface area contributed by atoms with Crippen molar-refractivity contribution < 1.29 is 4.79 Å². The molecule has 3 rings (SSSR count). The van der Waals surface area contributed by atoms with E-state index in [1.165, 1.54) is 17.3 Å². The third-order valence-electron chi connectivity index (χ3n) is 3.67. The normalized spacial score (nSPS) is 11.0. The van der Waals surface area contributed by atoms with E-state index in [2.05, 4.69) is 27.6 Å². The molecular formula is C17H19N5OS. The van der Waals surface area contributed by atoms with Crippen LogP contribution < -0.4 is 11.1 Å². The monoisotopic (exact) mass is 341 g/mol. The Bertz CT molecular complexity index is 895. The predicted octanol–water partition coefficient (Wildman–Crippen LogP) is 2.97. The fourth-order valence-corrected chi connectivity index (χ4v) is 3.38. The zero-order valence-corrected chi connectivity index (χ0v) is 14.6. The van der Waals surface area contributed by atoms with Crippen LogP contribution in [-0.2, 0) is 4.79 Å². The van der Waals surface area contributed by atoms with Gasteiger partial charge in [0.2, 0.25) is 5.91 Å². The maximum absolute atomic E-state index is 12.3. The largest absolute Gasteiger partial charge is 0.398 e. The Kier molecular flexibility index (Phi) is 4.44. The van der Waals surface area contributed by atoms with Gasteiger partial charge in [-0.2, -0.15) is 0 Å². The number of amides is 1. The first kappa shape index (κ1) is 16.3. The molecule has 0 aliphatic rings. The van der Waals surface area contributed by atoms with Crippen molar-refractivity contribution >= 4 is 34.7 Å². The van der Waals surface area contributed by atoms with Gasteiger partial charge in [-0.15, -0.1) is 10.2 Å². The van der Waals surface area contributed by atoms with Crippen molar-refractivity contribution in [2.24, 2.45) is 0 Å². The molecule has 0 unspecified atom stereocenters. The number of carbonyl (C=O) groups excluding carboxylic acids is 1. The van der Waals surface area contributed by atoms with Gasteiger partial charge in [-0.25, -0.2) is 0 Å². The highest BCUT2D eigenvalue weighted by Gasteiger charge is 2.12. The fraction of sp³-hybridized carbons (Fsp3) is 0.235. The summed E-state index contributed by atoms with van der Waals surface area (Å²) in [7, 11) is 0. The molecule has 0 spiro atoms. The molecule has 2 aromatic heterocycles. The first-order valence-electron chi connectivity index (χ1n) is 7.55. The van der Waals surface area contributed by atoms with E-state index in [1.54, 1.807) is 22.7 Å². The topological polar surface area (TPSA) is 85.3 Å². The number of thioether (sulfide) groups is 1. The predicted molar refractivity (Wildman–Crippen MR) is 97.4 cm³/mol. The summed E-state index contributed by atoms with van der Waals surface area (Å²) in [4.78, 5) is 12.3. The quantitative estimate of drug-likeness (QED) is 0.713. The average Bonchev–Trinajstić information content (AvgIpc) is 2.91. The van der Waals surface area contributed by atoms with E-state index < -0.39 is 0 Å². The lowest BCUT2D eigenvalue weighted by Gasteiger charge is -2.12. The summed E-state index contributed by atoms with van der Waals surface area (Å²) in [5, 5.41) is 11.8. The molecule has 1 amide bonds. The van der Waals surface area contributed by atoms with Gasteiger partial charge in [0.15, 0.2) is 10.8 Å². The Labute approximate surface area is 144 Å². The Morgan fingerprint density at radius 1 is 1.21 bits per heavy atom. The van der Waals surface area contributed by atoms with Crippen molar-refractivity contribution in [1.82, 2.24) is 14.6 Å². The zero-order chi connectivity index (χ0) is 17.3. The average molecular weight is 341 g/mol. The Hall–Kier alpha value is -2.54. The molecule has 0 atom stereocenters. The molecule has 1 aromatic carbocycles. The third-order valence-corrected chi connectivity index (χ3v) is 4.61. The molecule has 24 heavy (non-hydrogen) atoms. The number of pyridine rings is 1. The Morgan fingerprint density at radius 3 is 2.62 bits per heavy atom. The van der Waals surface area contributed by atoms with E-state index in [4.69, 9.17) is 5.73 Å². The number of aromatic nitrogens is 3. The summed E-state index contributed by atoms with van der Waals surface area (Å²) in [5.74, 6) is 0.179. The van der Waals surface area contributed by atoms with Crippen LogP contribution in [-0.4, -0.2) is 26.3 Å². The van der Waals surface area contributed by atoms with E-state index >= 15 is 0 Å².